The van der Waals surface area contributed by atoms with Crippen molar-refractivity contribution in [3.8, 4) is 0 Å². The predicted octanol–water partition coefficient (Wildman–Crippen LogP) is 2.07. The number of carbonyl (C=O) groups excluding carboxylic acids is 1. The first-order valence-corrected chi connectivity index (χ1v) is 7.53. The average molecular weight is 270 g/mol. The average Bonchev–Trinajstić information content (AvgIpc) is 2.35. The maximum absolute atomic E-state index is 12.2. The Balaban J connectivity index is 2.40. The van der Waals surface area contributed by atoms with Gasteiger partial charge >= 0.3 is 0 Å². The van der Waals surface area contributed by atoms with Gasteiger partial charge in [0.25, 0.3) is 0 Å². The Bertz CT molecular complexity index is 292. The molecule has 1 rings (SSSR count). The summed E-state index contributed by atoms with van der Waals surface area (Å²) in [6.45, 7) is 9.20. The minimum atomic E-state index is -0.299. The van der Waals surface area contributed by atoms with Crippen LogP contribution in [0.1, 0.15) is 53.4 Å². The molecule has 4 nitrogen and oxygen atoms in total. The fourth-order valence-electron chi connectivity index (χ4n) is 2.84. The van der Waals surface area contributed by atoms with Gasteiger partial charge in [-0.25, -0.2) is 0 Å². The Labute approximate surface area is 117 Å². The molecule has 0 aliphatic heterocycles. The molecule has 3 N–H and O–H groups in total. The number of nitrogens with two attached hydrogens (primary N) is 1. The lowest BCUT2D eigenvalue weighted by molar-refractivity contribution is -0.128. The molecule has 0 saturated heterocycles. The van der Waals surface area contributed by atoms with Gasteiger partial charge in [0.15, 0.2) is 0 Å². The molecule has 1 saturated carbocycles. The van der Waals surface area contributed by atoms with E-state index in [4.69, 9.17) is 10.5 Å². The van der Waals surface area contributed by atoms with Crippen molar-refractivity contribution in [3.63, 3.8) is 0 Å². The zero-order chi connectivity index (χ0) is 14.5. The molecule has 4 heteroatoms. The Hall–Kier alpha value is -0.610. The van der Waals surface area contributed by atoms with E-state index in [1.807, 2.05) is 27.7 Å². The van der Waals surface area contributed by atoms with E-state index in [1.165, 1.54) is 0 Å². The molecule has 3 unspecified atom stereocenters. The lowest BCUT2D eigenvalue weighted by Crippen LogP contribution is -2.44. The summed E-state index contributed by atoms with van der Waals surface area (Å²) in [7, 11) is 0. The largest absolute Gasteiger partial charge is 0.374 e. The Morgan fingerprint density at radius 2 is 2.16 bits per heavy atom. The first-order valence-electron chi connectivity index (χ1n) is 7.53. The van der Waals surface area contributed by atoms with Gasteiger partial charge < -0.3 is 15.8 Å². The molecular weight excluding hydrogens is 240 g/mol. The minimum absolute atomic E-state index is 0.0452. The van der Waals surface area contributed by atoms with Crippen LogP contribution < -0.4 is 11.1 Å². The van der Waals surface area contributed by atoms with Crippen molar-refractivity contribution in [1.29, 1.82) is 0 Å². The van der Waals surface area contributed by atoms with E-state index >= 15 is 0 Å². The quantitative estimate of drug-likeness (QED) is 0.776. The second-order valence-corrected chi connectivity index (χ2v) is 6.39. The highest BCUT2D eigenvalue weighted by atomic mass is 16.5. The van der Waals surface area contributed by atoms with Crippen LogP contribution in [0.15, 0.2) is 0 Å². The summed E-state index contributed by atoms with van der Waals surface area (Å²) < 4.78 is 5.59. The third-order valence-electron chi connectivity index (χ3n) is 4.10. The molecule has 0 radical (unpaired) electrons. The van der Waals surface area contributed by atoms with Crippen LogP contribution in [0.3, 0.4) is 0 Å². The van der Waals surface area contributed by atoms with Crippen molar-refractivity contribution in [2.75, 3.05) is 13.2 Å². The summed E-state index contributed by atoms with van der Waals surface area (Å²) in [5.41, 5.74) is 5.70. The molecule has 1 fully saturated rings. The summed E-state index contributed by atoms with van der Waals surface area (Å²) in [6.07, 6.45) is 4.34. The maximum Gasteiger partial charge on any atom is 0.223 e. The Kier molecular flexibility index (Phi) is 6.27. The highest BCUT2D eigenvalue weighted by molar-refractivity contribution is 5.78. The molecule has 0 heterocycles. The number of amides is 1. The molecule has 0 aromatic heterocycles. The zero-order valence-corrected chi connectivity index (χ0v) is 12.9. The SMILES string of the molecule is CCOC(C)(C)CNC(=O)C(C)C1CCCC(N)C1. The molecule has 19 heavy (non-hydrogen) atoms. The molecular formula is C15H30N2O2. The summed E-state index contributed by atoms with van der Waals surface area (Å²) >= 11 is 0. The van der Waals surface area contributed by atoms with Crippen molar-refractivity contribution >= 4 is 5.91 Å². The van der Waals surface area contributed by atoms with Gasteiger partial charge in [-0.2, -0.15) is 0 Å². The van der Waals surface area contributed by atoms with Crippen molar-refractivity contribution in [3.05, 3.63) is 0 Å². The molecule has 112 valence electrons. The highest BCUT2D eigenvalue weighted by Crippen LogP contribution is 2.29. The molecule has 1 aliphatic rings. The topological polar surface area (TPSA) is 64.3 Å². The van der Waals surface area contributed by atoms with E-state index in [1.54, 1.807) is 0 Å². The van der Waals surface area contributed by atoms with E-state index < -0.39 is 0 Å². The smallest absolute Gasteiger partial charge is 0.223 e. The van der Waals surface area contributed by atoms with Gasteiger partial charge in [-0.15, -0.1) is 0 Å². The van der Waals surface area contributed by atoms with Crippen LogP contribution in [0, 0.1) is 11.8 Å². The van der Waals surface area contributed by atoms with E-state index in [2.05, 4.69) is 5.32 Å². The molecule has 0 bridgehead atoms. The summed E-state index contributed by atoms with van der Waals surface area (Å²) in [5, 5.41) is 3.01. The van der Waals surface area contributed by atoms with Crippen molar-refractivity contribution < 1.29 is 9.53 Å². The van der Waals surface area contributed by atoms with Gasteiger partial charge in [-0.3, -0.25) is 4.79 Å². The molecule has 0 aromatic rings. The van der Waals surface area contributed by atoms with Crippen LogP contribution in [0.4, 0.5) is 0 Å². The van der Waals surface area contributed by atoms with Crippen LogP contribution in [0.5, 0.6) is 0 Å². The van der Waals surface area contributed by atoms with E-state index in [0.29, 0.717) is 19.1 Å². The molecule has 0 spiro atoms. The van der Waals surface area contributed by atoms with Gasteiger partial charge in [0.05, 0.1) is 5.60 Å². The van der Waals surface area contributed by atoms with Crippen molar-refractivity contribution in [2.24, 2.45) is 17.6 Å². The number of rotatable bonds is 6. The molecule has 1 aliphatic carbocycles. The normalized spacial score (nSPS) is 25.9. The van der Waals surface area contributed by atoms with Gasteiger partial charge in [0.1, 0.15) is 0 Å². The van der Waals surface area contributed by atoms with Gasteiger partial charge in [-0.1, -0.05) is 13.3 Å². The van der Waals surface area contributed by atoms with Crippen LogP contribution in [-0.2, 0) is 9.53 Å². The van der Waals surface area contributed by atoms with Crippen LogP contribution in [-0.4, -0.2) is 30.7 Å². The monoisotopic (exact) mass is 270 g/mol. The lowest BCUT2D eigenvalue weighted by atomic mass is 9.78. The minimum Gasteiger partial charge on any atom is -0.374 e. The van der Waals surface area contributed by atoms with Crippen LogP contribution in [0.25, 0.3) is 0 Å². The number of hydrogen-bond acceptors (Lipinski definition) is 3. The Morgan fingerprint density at radius 3 is 2.74 bits per heavy atom. The number of carbonyl (C=O) groups is 1. The third kappa shape index (κ3) is 5.49. The second-order valence-electron chi connectivity index (χ2n) is 6.39. The van der Waals surface area contributed by atoms with Crippen LogP contribution in [0.2, 0.25) is 0 Å². The van der Waals surface area contributed by atoms with E-state index in [-0.39, 0.29) is 23.5 Å². The fourth-order valence-corrected chi connectivity index (χ4v) is 2.84. The first-order chi connectivity index (χ1) is 8.85. The van der Waals surface area contributed by atoms with Gasteiger partial charge in [0, 0.05) is 25.1 Å². The van der Waals surface area contributed by atoms with Crippen LogP contribution >= 0.6 is 0 Å². The maximum atomic E-state index is 12.2. The van der Waals surface area contributed by atoms with E-state index in [0.717, 1.165) is 25.7 Å². The Morgan fingerprint density at radius 1 is 1.47 bits per heavy atom. The fraction of sp³-hybridized carbons (Fsp3) is 0.933. The number of nitrogens with one attached hydrogen (secondary N) is 1. The highest BCUT2D eigenvalue weighted by Gasteiger charge is 2.29. The third-order valence-corrected chi connectivity index (χ3v) is 4.10. The number of ether oxygens (including phenoxy) is 1. The van der Waals surface area contributed by atoms with Crippen molar-refractivity contribution in [1.82, 2.24) is 5.32 Å². The second kappa shape index (κ2) is 7.25. The number of hydrogen-bond donors (Lipinski definition) is 2. The molecule has 0 aromatic carbocycles. The van der Waals surface area contributed by atoms with Crippen molar-refractivity contribution in [2.45, 2.75) is 65.0 Å². The summed E-state index contributed by atoms with van der Waals surface area (Å²) in [5.74, 6) is 0.606. The first kappa shape index (κ1) is 16.4. The molecule has 1 amide bonds. The lowest BCUT2D eigenvalue weighted by Gasteiger charge is -2.31. The predicted molar refractivity (Wildman–Crippen MR) is 77.8 cm³/mol. The van der Waals surface area contributed by atoms with E-state index in [9.17, 15) is 4.79 Å². The van der Waals surface area contributed by atoms with Gasteiger partial charge in [-0.05, 0) is 46.0 Å². The summed E-state index contributed by atoms with van der Waals surface area (Å²) in [4.78, 5) is 12.2. The summed E-state index contributed by atoms with van der Waals surface area (Å²) in [6, 6.07) is 0.272. The van der Waals surface area contributed by atoms with Gasteiger partial charge in [0.2, 0.25) is 5.91 Å². The molecule has 3 atom stereocenters. The zero-order valence-electron chi connectivity index (χ0n) is 12.9. The standard InChI is InChI=1S/C15H30N2O2/c1-5-19-15(3,4)10-17-14(18)11(2)12-7-6-8-13(16)9-12/h11-13H,5-10,16H2,1-4H3,(H,17,18).